The molecule has 0 N–H and O–H groups in total. The van der Waals surface area contributed by atoms with Gasteiger partial charge in [-0.25, -0.2) is 0 Å². The summed E-state index contributed by atoms with van der Waals surface area (Å²) in [5.41, 5.74) is 2.55. The van der Waals surface area contributed by atoms with Crippen LogP contribution in [-0.2, 0) is 13.0 Å². The maximum atomic E-state index is 5.37. The molecule has 2 aromatic rings. The maximum absolute atomic E-state index is 5.37. The second-order valence-corrected chi connectivity index (χ2v) is 4.66. The smallest absolute Gasteiger partial charge is 0.122 e. The van der Waals surface area contributed by atoms with Gasteiger partial charge in [0.05, 0.1) is 7.11 Å². The Hall–Kier alpha value is -1.87. The number of rotatable bonds is 6. The van der Waals surface area contributed by atoms with Gasteiger partial charge in [0, 0.05) is 25.5 Å². The predicted octanol–water partition coefficient (Wildman–Crippen LogP) is 2.76. The van der Waals surface area contributed by atoms with Crippen molar-refractivity contribution in [3.63, 3.8) is 0 Å². The monoisotopic (exact) mass is 256 g/mol. The predicted molar refractivity (Wildman–Crippen MR) is 77.3 cm³/mol. The highest BCUT2D eigenvalue weighted by Gasteiger charge is 2.04. The van der Waals surface area contributed by atoms with Gasteiger partial charge in [-0.05, 0) is 42.8 Å². The summed E-state index contributed by atoms with van der Waals surface area (Å²) in [6.07, 6.45) is 4.67. The molecule has 3 heteroatoms. The van der Waals surface area contributed by atoms with E-state index in [2.05, 4.69) is 41.2 Å². The van der Waals surface area contributed by atoms with E-state index < -0.39 is 0 Å². The van der Waals surface area contributed by atoms with E-state index in [0.29, 0.717) is 0 Å². The largest absolute Gasteiger partial charge is 0.496 e. The van der Waals surface area contributed by atoms with Crippen LogP contribution in [0.1, 0.15) is 11.1 Å². The van der Waals surface area contributed by atoms with Gasteiger partial charge in [-0.15, -0.1) is 0 Å². The Morgan fingerprint density at radius 1 is 1.11 bits per heavy atom. The van der Waals surface area contributed by atoms with Gasteiger partial charge >= 0.3 is 0 Å². The molecule has 0 spiro atoms. The molecule has 0 fully saturated rings. The van der Waals surface area contributed by atoms with Crippen molar-refractivity contribution in [2.45, 2.75) is 13.0 Å². The second-order valence-electron chi connectivity index (χ2n) is 4.66. The van der Waals surface area contributed by atoms with Crippen molar-refractivity contribution < 1.29 is 4.74 Å². The molecule has 0 aliphatic heterocycles. The lowest BCUT2D eigenvalue weighted by atomic mass is 10.1. The Morgan fingerprint density at radius 2 is 1.84 bits per heavy atom. The molecule has 2 rings (SSSR count). The Morgan fingerprint density at radius 3 is 2.58 bits per heavy atom. The average Bonchev–Trinajstić information content (AvgIpc) is 2.46. The van der Waals surface area contributed by atoms with Crippen LogP contribution in [-0.4, -0.2) is 30.6 Å². The standard InChI is InChI=1S/C16H20N2O/c1-18(13-14-7-10-17-11-8-14)12-9-15-5-3-4-6-16(15)19-2/h3-8,10-11H,9,12-13H2,1-2H3. The van der Waals surface area contributed by atoms with Gasteiger partial charge in [0.2, 0.25) is 0 Å². The van der Waals surface area contributed by atoms with Gasteiger partial charge < -0.3 is 9.64 Å². The molecule has 1 aromatic heterocycles. The van der Waals surface area contributed by atoms with Crippen molar-refractivity contribution in [3.8, 4) is 5.75 Å². The molecule has 0 saturated carbocycles. The second kappa shape index (κ2) is 6.90. The summed E-state index contributed by atoms with van der Waals surface area (Å²) in [4.78, 5) is 6.34. The van der Waals surface area contributed by atoms with Gasteiger partial charge in [-0.3, -0.25) is 4.98 Å². The summed E-state index contributed by atoms with van der Waals surface area (Å²) in [6, 6.07) is 12.3. The summed E-state index contributed by atoms with van der Waals surface area (Å²) in [6.45, 7) is 1.94. The molecule has 0 saturated heterocycles. The fourth-order valence-corrected chi connectivity index (χ4v) is 2.10. The lowest BCUT2D eigenvalue weighted by Crippen LogP contribution is -2.20. The van der Waals surface area contributed by atoms with E-state index in [-0.39, 0.29) is 0 Å². The minimum atomic E-state index is 0.942. The Labute approximate surface area is 114 Å². The zero-order valence-corrected chi connectivity index (χ0v) is 11.5. The van der Waals surface area contributed by atoms with E-state index in [9.17, 15) is 0 Å². The van der Waals surface area contributed by atoms with Crippen LogP contribution in [0, 0.1) is 0 Å². The first-order valence-corrected chi connectivity index (χ1v) is 6.49. The molecule has 0 atom stereocenters. The summed E-state index contributed by atoms with van der Waals surface area (Å²) >= 11 is 0. The third kappa shape index (κ3) is 4.07. The minimum absolute atomic E-state index is 0.942. The number of methoxy groups -OCH3 is 1. The van der Waals surface area contributed by atoms with E-state index in [1.54, 1.807) is 7.11 Å². The molecule has 1 aromatic carbocycles. The molecule has 0 aliphatic rings. The van der Waals surface area contributed by atoms with E-state index >= 15 is 0 Å². The van der Waals surface area contributed by atoms with Crippen molar-refractivity contribution in [2.24, 2.45) is 0 Å². The minimum Gasteiger partial charge on any atom is -0.496 e. The molecule has 0 amide bonds. The summed E-state index contributed by atoms with van der Waals surface area (Å²) in [5, 5.41) is 0. The fraction of sp³-hybridized carbons (Fsp3) is 0.312. The van der Waals surface area contributed by atoms with E-state index in [0.717, 1.165) is 25.3 Å². The SMILES string of the molecule is COc1ccccc1CCN(C)Cc1ccncc1. The van der Waals surface area contributed by atoms with Crippen LogP contribution in [0.25, 0.3) is 0 Å². The molecular formula is C16H20N2O. The van der Waals surface area contributed by atoms with Gasteiger partial charge in [0.15, 0.2) is 0 Å². The molecule has 0 bridgehead atoms. The topological polar surface area (TPSA) is 25.4 Å². The number of para-hydroxylation sites is 1. The van der Waals surface area contributed by atoms with E-state index in [1.807, 2.05) is 24.5 Å². The van der Waals surface area contributed by atoms with Gasteiger partial charge in [0.1, 0.15) is 5.75 Å². The number of hydrogen-bond acceptors (Lipinski definition) is 3. The Bertz CT molecular complexity index is 499. The Balaban J connectivity index is 1.88. The maximum Gasteiger partial charge on any atom is 0.122 e. The van der Waals surface area contributed by atoms with Gasteiger partial charge in [-0.2, -0.15) is 0 Å². The molecule has 1 heterocycles. The average molecular weight is 256 g/mol. The normalized spacial score (nSPS) is 10.7. The van der Waals surface area contributed by atoms with Crippen LogP contribution in [0.3, 0.4) is 0 Å². The van der Waals surface area contributed by atoms with Crippen molar-refractivity contribution in [2.75, 3.05) is 20.7 Å². The lowest BCUT2D eigenvalue weighted by molar-refractivity contribution is 0.328. The first-order valence-electron chi connectivity index (χ1n) is 6.49. The van der Waals surface area contributed by atoms with Crippen LogP contribution >= 0.6 is 0 Å². The zero-order valence-electron chi connectivity index (χ0n) is 11.5. The number of nitrogens with zero attached hydrogens (tertiary/aromatic N) is 2. The van der Waals surface area contributed by atoms with E-state index in [4.69, 9.17) is 4.74 Å². The van der Waals surface area contributed by atoms with Crippen molar-refractivity contribution in [3.05, 3.63) is 59.9 Å². The number of ether oxygens (including phenoxy) is 1. The third-order valence-electron chi connectivity index (χ3n) is 3.16. The first-order chi connectivity index (χ1) is 9.29. The molecule has 19 heavy (non-hydrogen) atoms. The molecule has 100 valence electrons. The summed E-state index contributed by atoms with van der Waals surface area (Å²) in [7, 11) is 3.86. The highest BCUT2D eigenvalue weighted by molar-refractivity contribution is 5.33. The van der Waals surface area contributed by atoms with Crippen LogP contribution in [0.2, 0.25) is 0 Å². The van der Waals surface area contributed by atoms with E-state index in [1.165, 1.54) is 11.1 Å². The van der Waals surface area contributed by atoms with Gasteiger partial charge in [-0.1, -0.05) is 18.2 Å². The number of aromatic nitrogens is 1. The first kappa shape index (κ1) is 13.6. The Kier molecular flexibility index (Phi) is 4.93. The highest BCUT2D eigenvalue weighted by atomic mass is 16.5. The lowest BCUT2D eigenvalue weighted by Gasteiger charge is -2.17. The van der Waals surface area contributed by atoms with Crippen molar-refractivity contribution in [1.29, 1.82) is 0 Å². The van der Waals surface area contributed by atoms with Gasteiger partial charge in [0.25, 0.3) is 0 Å². The molecule has 0 radical (unpaired) electrons. The van der Waals surface area contributed by atoms with Crippen LogP contribution in [0.5, 0.6) is 5.75 Å². The number of benzene rings is 1. The number of hydrogen-bond donors (Lipinski definition) is 0. The van der Waals surface area contributed by atoms with Crippen molar-refractivity contribution >= 4 is 0 Å². The van der Waals surface area contributed by atoms with Crippen molar-refractivity contribution in [1.82, 2.24) is 9.88 Å². The summed E-state index contributed by atoms with van der Waals surface area (Å²) < 4.78 is 5.37. The molecular weight excluding hydrogens is 236 g/mol. The number of pyridine rings is 1. The molecule has 3 nitrogen and oxygen atoms in total. The quantitative estimate of drug-likeness (QED) is 0.794. The third-order valence-corrected chi connectivity index (χ3v) is 3.16. The zero-order chi connectivity index (χ0) is 13.5. The summed E-state index contributed by atoms with van der Waals surface area (Å²) in [5.74, 6) is 0.972. The molecule has 0 unspecified atom stereocenters. The number of likely N-dealkylation sites (N-methyl/N-ethyl adjacent to an activating group) is 1. The fourth-order valence-electron chi connectivity index (χ4n) is 2.10. The van der Waals surface area contributed by atoms with Crippen LogP contribution < -0.4 is 4.74 Å². The molecule has 0 aliphatic carbocycles. The van der Waals surface area contributed by atoms with Crippen LogP contribution in [0.4, 0.5) is 0 Å². The van der Waals surface area contributed by atoms with Crippen LogP contribution in [0.15, 0.2) is 48.8 Å². The highest BCUT2D eigenvalue weighted by Crippen LogP contribution is 2.18.